The Morgan fingerprint density at radius 3 is 2.85 bits per heavy atom. The molecule has 1 N–H and O–H groups in total. The van der Waals surface area contributed by atoms with Gasteiger partial charge >= 0.3 is 12.1 Å². The van der Waals surface area contributed by atoms with E-state index in [2.05, 4.69) is 5.32 Å². The number of methoxy groups -OCH3 is 1. The number of amides is 1. The van der Waals surface area contributed by atoms with Crippen LogP contribution < -0.4 is 10.1 Å². The first-order valence-electron chi connectivity index (χ1n) is 8.11. The van der Waals surface area contributed by atoms with Crippen LogP contribution in [0.4, 0.5) is 10.5 Å². The number of carbonyl (C=O) groups is 2. The second-order valence-electron chi connectivity index (χ2n) is 5.78. The molecule has 136 valence electrons. The molecule has 2 aromatic rings. The fraction of sp³-hybridized carbons (Fsp3) is 0.263. The quantitative estimate of drug-likeness (QED) is 0.819. The third kappa shape index (κ3) is 4.26. The molecule has 1 aliphatic heterocycles. The third-order valence-electron chi connectivity index (χ3n) is 4.03. The number of rotatable bonds is 4. The van der Waals surface area contributed by atoms with Gasteiger partial charge < -0.3 is 14.2 Å². The highest BCUT2D eigenvalue weighted by molar-refractivity contribution is 6.31. The van der Waals surface area contributed by atoms with Gasteiger partial charge in [0.15, 0.2) is 6.10 Å². The Kier molecular flexibility index (Phi) is 5.63. The average Bonchev–Trinajstić information content (AvgIpc) is 2.66. The van der Waals surface area contributed by atoms with E-state index in [-0.39, 0.29) is 12.6 Å². The van der Waals surface area contributed by atoms with Crippen LogP contribution in [0.25, 0.3) is 0 Å². The smallest absolute Gasteiger partial charge is 0.411 e. The van der Waals surface area contributed by atoms with E-state index in [0.29, 0.717) is 29.3 Å². The van der Waals surface area contributed by atoms with Gasteiger partial charge in [-0.1, -0.05) is 29.8 Å². The zero-order chi connectivity index (χ0) is 18.5. The summed E-state index contributed by atoms with van der Waals surface area (Å²) in [5.74, 6) is 0.225. The van der Waals surface area contributed by atoms with Crippen LogP contribution in [0.3, 0.4) is 0 Å². The minimum atomic E-state index is -0.591. The normalized spacial score (nSPS) is 15.4. The predicted octanol–water partition coefficient (Wildman–Crippen LogP) is 3.96. The number of benzene rings is 2. The third-order valence-corrected chi connectivity index (χ3v) is 4.40. The molecule has 0 aliphatic carbocycles. The number of esters is 1. The largest absolute Gasteiger partial charge is 0.478 e. The van der Waals surface area contributed by atoms with Gasteiger partial charge in [0.1, 0.15) is 12.4 Å². The molecule has 26 heavy (non-hydrogen) atoms. The molecule has 0 saturated carbocycles. The first-order chi connectivity index (χ1) is 12.6. The molecule has 1 heterocycles. The van der Waals surface area contributed by atoms with Crippen molar-refractivity contribution in [3.05, 3.63) is 58.6 Å². The van der Waals surface area contributed by atoms with Crippen LogP contribution in [0.2, 0.25) is 5.02 Å². The van der Waals surface area contributed by atoms with Gasteiger partial charge in [0.05, 0.1) is 7.11 Å². The average molecular weight is 376 g/mol. The van der Waals surface area contributed by atoms with Crippen LogP contribution in [0.1, 0.15) is 17.5 Å². The van der Waals surface area contributed by atoms with Crippen LogP contribution >= 0.6 is 11.6 Å². The molecule has 1 atom stereocenters. The molecule has 1 aliphatic rings. The van der Waals surface area contributed by atoms with E-state index in [9.17, 15) is 9.59 Å². The van der Waals surface area contributed by atoms with E-state index in [0.717, 1.165) is 11.1 Å². The van der Waals surface area contributed by atoms with Crippen molar-refractivity contribution in [2.24, 2.45) is 0 Å². The highest BCUT2D eigenvalue weighted by atomic mass is 35.5. The topological polar surface area (TPSA) is 73.9 Å². The molecular weight excluding hydrogens is 358 g/mol. The number of aryl methyl sites for hydroxylation is 1. The van der Waals surface area contributed by atoms with Crippen LogP contribution in [0.5, 0.6) is 5.75 Å². The van der Waals surface area contributed by atoms with Gasteiger partial charge in [0, 0.05) is 16.3 Å². The molecule has 0 aromatic heterocycles. The summed E-state index contributed by atoms with van der Waals surface area (Å²) in [4.78, 5) is 23.5. The minimum absolute atomic E-state index is 0.0837. The summed E-state index contributed by atoms with van der Waals surface area (Å²) in [6.45, 7) is 0.0837. The fourth-order valence-corrected chi connectivity index (χ4v) is 2.87. The maximum Gasteiger partial charge on any atom is 0.411 e. The number of ether oxygens (including phenoxy) is 3. The summed E-state index contributed by atoms with van der Waals surface area (Å²) in [6.07, 6.45) is 0.0141. The molecule has 1 amide bonds. The maximum absolute atomic E-state index is 12.0. The second-order valence-corrected chi connectivity index (χ2v) is 6.19. The molecule has 0 spiro atoms. The summed E-state index contributed by atoms with van der Waals surface area (Å²) >= 11 is 6.03. The molecule has 7 heteroatoms. The van der Waals surface area contributed by atoms with Crippen molar-refractivity contribution < 1.29 is 23.8 Å². The summed E-state index contributed by atoms with van der Waals surface area (Å²) in [5.41, 5.74) is 2.24. The lowest BCUT2D eigenvalue weighted by atomic mass is 10.0. The number of hydrogen-bond acceptors (Lipinski definition) is 5. The number of nitrogens with one attached hydrogen (secondary N) is 1. The molecule has 6 nitrogen and oxygen atoms in total. The van der Waals surface area contributed by atoms with E-state index >= 15 is 0 Å². The van der Waals surface area contributed by atoms with Crippen molar-refractivity contribution in [3.63, 3.8) is 0 Å². The first kappa shape index (κ1) is 18.1. The van der Waals surface area contributed by atoms with Crippen LogP contribution in [0.15, 0.2) is 42.5 Å². The lowest BCUT2D eigenvalue weighted by Gasteiger charge is -2.24. The lowest BCUT2D eigenvalue weighted by Crippen LogP contribution is -2.32. The summed E-state index contributed by atoms with van der Waals surface area (Å²) < 4.78 is 15.5. The van der Waals surface area contributed by atoms with Gasteiger partial charge in [-0.05, 0) is 42.7 Å². The minimum Gasteiger partial charge on any atom is -0.478 e. The second kappa shape index (κ2) is 8.10. The molecule has 2 aromatic carbocycles. The Balaban J connectivity index is 1.58. The summed E-state index contributed by atoms with van der Waals surface area (Å²) in [6, 6.07) is 12.4. The molecule has 1 unspecified atom stereocenters. The van der Waals surface area contributed by atoms with Crippen LogP contribution in [0, 0.1) is 0 Å². The SMILES string of the molecule is COC(=O)C1CCc2cc(NC(=O)OCc3ccccc3Cl)ccc2O1. The van der Waals surface area contributed by atoms with Crippen molar-refractivity contribution >= 4 is 29.4 Å². The highest BCUT2D eigenvalue weighted by Gasteiger charge is 2.27. The van der Waals surface area contributed by atoms with Crippen molar-refractivity contribution in [2.75, 3.05) is 12.4 Å². The van der Waals surface area contributed by atoms with Crippen molar-refractivity contribution in [1.29, 1.82) is 0 Å². The van der Waals surface area contributed by atoms with Gasteiger partial charge in [-0.3, -0.25) is 5.32 Å². The zero-order valence-corrected chi connectivity index (χ0v) is 14.9. The number of halogens is 1. The Morgan fingerprint density at radius 1 is 1.27 bits per heavy atom. The summed E-state index contributed by atoms with van der Waals surface area (Å²) in [7, 11) is 1.34. The van der Waals surface area contributed by atoms with Gasteiger partial charge in [-0.2, -0.15) is 0 Å². The Morgan fingerprint density at radius 2 is 2.08 bits per heavy atom. The van der Waals surface area contributed by atoms with E-state index in [1.54, 1.807) is 30.3 Å². The molecular formula is C19H18ClNO5. The molecule has 0 radical (unpaired) electrons. The monoisotopic (exact) mass is 375 g/mol. The highest BCUT2D eigenvalue weighted by Crippen LogP contribution is 2.30. The van der Waals surface area contributed by atoms with Crippen molar-refractivity contribution in [2.45, 2.75) is 25.6 Å². The number of fused-ring (bicyclic) bond motifs is 1. The van der Waals surface area contributed by atoms with Gasteiger partial charge in [-0.15, -0.1) is 0 Å². The van der Waals surface area contributed by atoms with Crippen LogP contribution in [-0.2, 0) is 27.3 Å². The van der Waals surface area contributed by atoms with E-state index in [1.165, 1.54) is 7.11 Å². The fourth-order valence-electron chi connectivity index (χ4n) is 2.68. The standard InChI is InChI=1S/C19H18ClNO5/c1-24-18(22)17-8-6-12-10-14(7-9-16(12)26-17)21-19(23)25-11-13-4-2-3-5-15(13)20/h2-5,7,9-10,17H,6,8,11H2,1H3,(H,21,23). The zero-order valence-electron chi connectivity index (χ0n) is 14.2. The summed E-state index contributed by atoms with van der Waals surface area (Å²) in [5, 5.41) is 3.22. The van der Waals surface area contributed by atoms with Gasteiger partial charge in [-0.25, -0.2) is 9.59 Å². The predicted molar refractivity (Wildman–Crippen MR) is 96.5 cm³/mol. The molecule has 0 saturated heterocycles. The van der Waals surface area contributed by atoms with E-state index in [4.69, 9.17) is 25.8 Å². The lowest BCUT2D eigenvalue weighted by molar-refractivity contribution is -0.149. The Bertz CT molecular complexity index is 823. The van der Waals surface area contributed by atoms with E-state index < -0.39 is 12.2 Å². The molecule has 0 bridgehead atoms. The van der Waals surface area contributed by atoms with Crippen LogP contribution in [-0.4, -0.2) is 25.3 Å². The number of anilines is 1. The van der Waals surface area contributed by atoms with Crippen molar-refractivity contribution in [1.82, 2.24) is 0 Å². The molecule has 0 fully saturated rings. The van der Waals surface area contributed by atoms with Gasteiger partial charge in [0.25, 0.3) is 0 Å². The van der Waals surface area contributed by atoms with E-state index in [1.807, 2.05) is 12.1 Å². The van der Waals surface area contributed by atoms with Crippen molar-refractivity contribution in [3.8, 4) is 5.75 Å². The Hall–Kier alpha value is -2.73. The number of hydrogen-bond donors (Lipinski definition) is 1. The first-order valence-corrected chi connectivity index (χ1v) is 8.49. The molecule has 3 rings (SSSR count). The number of carbonyl (C=O) groups excluding carboxylic acids is 2. The maximum atomic E-state index is 12.0. The Labute approximate surface area is 156 Å². The van der Waals surface area contributed by atoms with Gasteiger partial charge in [0.2, 0.25) is 0 Å².